The number of fused-ring (bicyclic) bond motifs is 2. The number of amides is 2. The van der Waals surface area contributed by atoms with Gasteiger partial charge in [0.2, 0.25) is 5.91 Å². The number of piperazine rings is 1. The molecule has 1 atom stereocenters. The second-order valence-corrected chi connectivity index (χ2v) is 7.79. The lowest BCUT2D eigenvalue weighted by Gasteiger charge is -2.39. The minimum absolute atomic E-state index is 0.117. The van der Waals surface area contributed by atoms with E-state index in [1.165, 1.54) is 0 Å². The summed E-state index contributed by atoms with van der Waals surface area (Å²) in [6.45, 7) is 2.29. The minimum Gasteiger partial charge on any atom is -0.324 e. The molecule has 2 aromatic rings. The van der Waals surface area contributed by atoms with E-state index in [0.29, 0.717) is 42.5 Å². The number of halogens is 2. The van der Waals surface area contributed by atoms with E-state index in [1.807, 2.05) is 12.1 Å². The molecule has 1 N–H and O–H groups in total. The van der Waals surface area contributed by atoms with Crippen molar-refractivity contribution in [3.05, 3.63) is 57.3 Å². The second-order valence-electron chi connectivity index (χ2n) is 6.44. The monoisotopic (exact) mass is 434 g/mol. The molecule has 1 saturated heterocycles. The highest BCUT2D eigenvalue weighted by Crippen LogP contribution is 2.28. The topological polar surface area (TPSA) is 65.5 Å². The zero-order chi connectivity index (χ0) is 18.3. The number of nitrogens with zero attached hydrogens (tertiary/aromatic N) is 3. The van der Waals surface area contributed by atoms with Gasteiger partial charge >= 0.3 is 0 Å². The maximum atomic E-state index is 12.9. The van der Waals surface area contributed by atoms with Crippen molar-refractivity contribution in [3.63, 3.8) is 0 Å². The summed E-state index contributed by atoms with van der Waals surface area (Å²) in [7, 11) is 0. The number of carbonyl (C=O) groups excluding carboxylic acids is 2. The Morgan fingerprint density at radius 2 is 2.08 bits per heavy atom. The van der Waals surface area contributed by atoms with Crippen molar-refractivity contribution in [2.45, 2.75) is 12.6 Å². The largest absolute Gasteiger partial charge is 0.324 e. The van der Waals surface area contributed by atoms with E-state index >= 15 is 0 Å². The number of anilines is 1. The van der Waals surface area contributed by atoms with Gasteiger partial charge in [-0.25, -0.2) is 0 Å². The van der Waals surface area contributed by atoms with Crippen LogP contribution in [0.3, 0.4) is 0 Å². The van der Waals surface area contributed by atoms with Crippen LogP contribution in [0.4, 0.5) is 5.69 Å². The van der Waals surface area contributed by atoms with Crippen molar-refractivity contribution >= 4 is 45.0 Å². The van der Waals surface area contributed by atoms with Gasteiger partial charge in [-0.15, -0.1) is 0 Å². The molecule has 4 rings (SSSR count). The lowest BCUT2D eigenvalue weighted by atomic mass is 10.1. The summed E-state index contributed by atoms with van der Waals surface area (Å²) in [5.41, 5.74) is 2.06. The molecule has 1 unspecified atom stereocenters. The summed E-state index contributed by atoms with van der Waals surface area (Å²) >= 11 is 9.39. The van der Waals surface area contributed by atoms with Gasteiger partial charge in [0.25, 0.3) is 5.91 Å². The molecule has 134 valence electrons. The second kappa shape index (κ2) is 6.98. The van der Waals surface area contributed by atoms with Crippen molar-refractivity contribution in [2.75, 3.05) is 25.0 Å². The molecule has 3 heterocycles. The van der Waals surface area contributed by atoms with Crippen LogP contribution in [-0.2, 0) is 11.3 Å². The van der Waals surface area contributed by atoms with Crippen molar-refractivity contribution < 1.29 is 9.59 Å². The molecule has 2 aliphatic heterocycles. The molecule has 2 aliphatic rings. The van der Waals surface area contributed by atoms with Crippen LogP contribution in [-0.4, -0.2) is 52.3 Å². The van der Waals surface area contributed by atoms with Gasteiger partial charge in [-0.2, -0.15) is 0 Å². The van der Waals surface area contributed by atoms with Crippen LogP contribution in [0.15, 0.2) is 41.1 Å². The fourth-order valence-electron chi connectivity index (χ4n) is 3.42. The molecule has 0 spiro atoms. The van der Waals surface area contributed by atoms with E-state index in [9.17, 15) is 9.59 Å². The molecule has 1 fully saturated rings. The molecule has 0 bridgehead atoms. The van der Waals surface area contributed by atoms with Crippen LogP contribution in [0, 0.1) is 0 Å². The summed E-state index contributed by atoms with van der Waals surface area (Å²) in [6.07, 6.45) is 3.36. The molecule has 0 saturated carbocycles. The Morgan fingerprint density at radius 3 is 2.88 bits per heavy atom. The summed E-state index contributed by atoms with van der Waals surface area (Å²) in [5.74, 6) is -0.276. The van der Waals surface area contributed by atoms with Crippen LogP contribution in [0.1, 0.15) is 15.9 Å². The summed E-state index contributed by atoms with van der Waals surface area (Å²) in [5, 5.41) is 3.48. The van der Waals surface area contributed by atoms with E-state index in [1.54, 1.807) is 29.4 Å². The van der Waals surface area contributed by atoms with E-state index in [-0.39, 0.29) is 11.8 Å². The summed E-state index contributed by atoms with van der Waals surface area (Å²) < 4.78 is 0.810. The van der Waals surface area contributed by atoms with E-state index in [4.69, 9.17) is 11.6 Å². The lowest BCUT2D eigenvalue weighted by molar-refractivity contribution is -0.122. The zero-order valence-electron chi connectivity index (χ0n) is 13.8. The Balaban J connectivity index is 1.56. The van der Waals surface area contributed by atoms with Crippen LogP contribution in [0.25, 0.3) is 0 Å². The van der Waals surface area contributed by atoms with Crippen molar-refractivity contribution in [2.24, 2.45) is 0 Å². The van der Waals surface area contributed by atoms with Gasteiger partial charge in [-0.1, -0.05) is 27.5 Å². The van der Waals surface area contributed by atoms with E-state index in [2.05, 4.69) is 31.1 Å². The fraction of sp³-hybridized carbons (Fsp3) is 0.278. The van der Waals surface area contributed by atoms with Gasteiger partial charge in [0, 0.05) is 43.0 Å². The molecule has 0 radical (unpaired) electrons. The average Bonchev–Trinajstić information content (AvgIpc) is 2.71. The molecule has 8 heteroatoms. The molecule has 2 amide bonds. The highest BCUT2D eigenvalue weighted by atomic mass is 79.9. The SMILES string of the molecule is O=C1Nc2ccc(Br)cc2C(=O)N2CCN(Cc3cncc(Cl)c3)CC12. The van der Waals surface area contributed by atoms with Gasteiger partial charge in [-0.05, 0) is 29.8 Å². The standard InChI is InChI=1S/C18H16BrClN4O2/c19-12-1-2-15-14(6-12)18(26)24-4-3-23(10-16(24)17(25)22-15)9-11-5-13(20)8-21-7-11/h1-2,5-8,16H,3-4,9-10H2,(H,22,25). The first kappa shape index (κ1) is 17.5. The quantitative estimate of drug-likeness (QED) is 0.788. The van der Waals surface area contributed by atoms with Gasteiger partial charge in [0.05, 0.1) is 16.3 Å². The molecular weight excluding hydrogens is 420 g/mol. The predicted octanol–water partition coefficient (Wildman–Crippen LogP) is 2.78. The first-order valence-corrected chi connectivity index (χ1v) is 9.41. The number of nitrogens with one attached hydrogen (secondary N) is 1. The average molecular weight is 436 g/mol. The van der Waals surface area contributed by atoms with Crippen LogP contribution < -0.4 is 5.32 Å². The molecule has 1 aromatic heterocycles. The normalized spacial score (nSPS) is 20.2. The maximum absolute atomic E-state index is 12.9. The minimum atomic E-state index is -0.519. The maximum Gasteiger partial charge on any atom is 0.256 e. The van der Waals surface area contributed by atoms with Crippen molar-refractivity contribution in [3.8, 4) is 0 Å². The van der Waals surface area contributed by atoms with E-state index in [0.717, 1.165) is 10.0 Å². The molecule has 0 aliphatic carbocycles. The fourth-order valence-corrected chi connectivity index (χ4v) is 3.98. The summed E-state index contributed by atoms with van der Waals surface area (Å²) in [6, 6.07) is 6.67. The Morgan fingerprint density at radius 1 is 1.23 bits per heavy atom. The Labute approximate surface area is 164 Å². The number of hydrogen-bond donors (Lipinski definition) is 1. The number of hydrogen-bond acceptors (Lipinski definition) is 4. The van der Waals surface area contributed by atoms with Crippen LogP contribution >= 0.6 is 27.5 Å². The van der Waals surface area contributed by atoms with Gasteiger partial charge in [0.15, 0.2) is 0 Å². The van der Waals surface area contributed by atoms with Gasteiger partial charge in [0.1, 0.15) is 6.04 Å². The molecule has 26 heavy (non-hydrogen) atoms. The Hall–Kier alpha value is -1.96. The number of pyridine rings is 1. The third-order valence-electron chi connectivity index (χ3n) is 4.67. The molecule has 6 nitrogen and oxygen atoms in total. The number of benzene rings is 1. The van der Waals surface area contributed by atoms with E-state index < -0.39 is 6.04 Å². The number of rotatable bonds is 2. The predicted molar refractivity (Wildman–Crippen MR) is 102 cm³/mol. The third-order valence-corrected chi connectivity index (χ3v) is 5.37. The smallest absolute Gasteiger partial charge is 0.256 e. The van der Waals surface area contributed by atoms with Crippen LogP contribution in [0.2, 0.25) is 5.02 Å². The van der Waals surface area contributed by atoms with Gasteiger partial charge in [-0.3, -0.25) is 19.5 Å². The van der Waals surface area contributed by atoms with Crippen LogP contribution in [0.5, 0.6) is 0 Å². The zero-order valence-corrected chi connectivity index (χ0v) is 16.1. The molecule has 1 aromatic carbocycles. The molecular formula is C18H16BrClN4O2. The number of aromatic nitrogens is 1. The van der Waals surface area contributed by atoms with Crippen molar-refractivity contribution in [1.82, 2.24) is 14.8 Å². The Kier molecular flexibility index (Phi) is 4.69. The number of carbonyl (C=O) groups is 2. The third kappa shape index (κ3) is 3.34. The first-order chi connectivity index (χ1) is 12.5. The lowest BCUT2D eigenvalue weighted by Crippen LogP contribution is -2.58. The first-order valence-electron chi connectivity index (χ1n) is 8.24. The Bertz CT molecular complexity index is 891. The van der Waals surface area contributed by atoms with Crippen molar-refractivity contribution in [1.29, 1.82) is 0 Å². The highest BCUT2D eigenvalue weighted by molar-refractivity contribution is 9.10. The summed E-state index contributed by atoms with van der Waals surface area (Å²) in [4.78, 5) is 33.6. The van der Waals surface area contributed by atoms with Gasteiger partial charge < -0.3 is 10.2 Å². The highest BCUT2D eigenvalue weighted by Gasteiger charge is 2.39.